The van der Waals surface area contributed by atoms with Crippen LogP contribution in [0.3, 0.4) is 0 Å². The Balaban J connectivity index is 1.93. The fraction of sp³-hybridized carbons (Fsp3) is 0.526. The summed E-state index contributed by atoms with van der Waals surface area (Å²) in [5, 5.41) is 11.0. The monoisotopic (exact) mass is 329 g/mol. The van der Waals surface area contributed by atoms with Crippen molar-refractivity contribution in [2.24, 2.45) is 0 Å². The highest BCUT2D eigenvalue weighted by Gasteiger charge is 2.57. The van der Waals surface area contributed by atoms with E-state index in [9.17, 15) is 9.90 Å². The van der Waals surface area contributed by atoms with E-state index in [1.807, 2.05) is 19.2 Å². The predicted octanol–water partition coefficient (Wildman–Crippen LogP) is 1.81. The number of piperidine rings is 1. The van der Waals surface area contributed by atoms with Crippen LogP contribution >= 0.6 is 0 Å². The van der Waals surface area contributed by atoms with Crippen molar-refractivity contribution in [1.82, 2.24) is 4.90 Å². The molecule has 4 rings (SSSR count). The van der Waals surface area contributed by atoms with Gasteiger partial charge in [-0.15, -0.1) is 0 Å². The second kappa shape index (κ2) is 5.07. The van der Waals surface area contributed by atoms with Gasteiger partial charge in [-0.2, -0.15) is 0 Å². The summed E-state index contributed by atoms with van der Waals surface area (Å²) in [5.74, 6) is 1.25. The van der Waals surface area contributed by atoms with E-state index >= 15 is 0 Å². The number of carbonyl (C=O) groups is 1. The maximum absolute atomic E-state index is 12.5. The van der Waals surface area contributed by atoms with Crippen LogP contribution in [0.1, 0.15) is 30.4 Å². The topological polar surface area (TPSA) is 59.0 Å². The molecular weight excluding hydrogens is 306 g/mol. The molecule has 1 saturated heterocycles. The van der Waals surface area contributed by atoms with Crippen LogP contribution in [0.4, 0.5) is 0 Å². The third kappa shape index (κ3) is 1.85. The molecule has 5 heteroatoms. The van der Waals surface area contributed by atoms with Crippen LogP contribution in [0.15, 0.2) is 23.8 Å². The van der Waals surface area contributed by atoms with Gasteiger partial charge in [-0.3, -0.25) is 9.69 Å². The number of allylic oxidation sites excluding steroid dienone is 1. The Labute approximate surface area is 141 Å². The first kappa shape index (κ1) is 15.7. The smallest absolute Gasteiger partial charge is 0.202 e. The van der Waals surface area contributed by atoms with Crippen molar-refractivity contribution in [2.75, 3.05) is 27.8 Å². The van der Waals surface area contributed by atoms with Crippen molar-refractivity contribution >= 4 is 5.78 Å². The van der Waals surface area contributed by atoms with Crippen molar-refractivity contribution in [3.63, 3.8) is 0 Å². The number of hydrogen-bond donors (Lipinski definition) is 1. The number of fused-ring (bicyclic) bond motifs is 2. The van der Waals surface area contributed by atoms with Crippen LogP contribution in [0.25, 0.3) is 0 Å². The highest BCUT2D eigenvalue weighted by Crippen LogP contribution is 2.55. The number of methoxy groups -OCH3 is 2. The van der Waals surface area contributed by atoms with Crippen molar-refractivity contribution in [3.05, 3.63) is 34.9 Å². The van der Waals surface area contributed by atoms with Gasteiger partial charge in [-0.05, 0) is 55.6 Å². The molecule has 2 aliphatic carbocycles. The minimum Gasteiger partial charge on any atom is -0.493 e. The number of ether oxygens (including phenoxy) is 2. The zero-order valence-corrected chi connectivity index (χ0v) is 14.4. The van der Waals surface area contributed by atoms with Crippen LogP contribution in [-0.4, -0.2) is 49.3 Å². The number of carbonyl (C=O) groups excluding carboxylic acids is 1. The van der Waals surface area contributed by atoms with E-state index in [2.05, 4.69) is 0 Å². The lowest BCUT2D eigenvalue weighted by atomic mass is 9.56. The number of aliphatic hydroxyl groups is 1. The van der Waals surface area contributed by atoms with Gasteiger partial charge in [-0.25, -0.2) is 0 Å². The van der Waals surface area contributed by atoms with Crippen LogP contribution in [0, 0.1) is 0 Å². The minimum absolute atomic E-state index is 0.181. The standard InChI is InChI=1S/C19H23NO4/c1-20-7-6-18-11-19(20,22)17(21)9-13(18)5-4-12-8-15(23-2)16(24-3)10-14(12)18/h8-10,22H,4-7,11H2,1-3H3/t18-,19+/m1/s1. The molecule has 0 unspecified atom stereocenters. The summed E-state index contributed by atoms with van der Waals surface area (Å²) < 4.78 is 10.9. The van der Waals surface area contributed by atoms with E-state index in [4.69, 9.17) is 9.47 Å². The van der Waals surface area contributed by atoms with Crippen molar-refractivity contribution < 1.29 is 19.4 Å². The quantitative estimate of drug-likeness (QED) is 0.897. The Morgan fingerprint density at radius 2 is 1.88 bits per heavy atom. The summed E-state index contributed by atoms with van der Waals surface area (Å²) in [6, 6.07) is 4.09. The van der Waals surface area contributed by atoms with Crippen molar-refractivity contribution in [2.45, 2.75) is 36.8 Å². The number of ketones is 1. The number of benzene rings is 1. The SMILES string of the molecule is COc1cc2c(cc1OC)[C@]13CCN(C)[C@](O)(C1)C(=O)C=C3CC2. The summed E-state index contributed by atoms with van der Waals surface area (Å²) in [4.78, 5) is 14.3. The Morgan fingerprint density at radius 1 is 1.17 bits per heavy atom. The maximum Gasteiger partial charge on any atom is 0.202 e. The Kier molecular flexibility index (Phi) is 3.31. The first-order valence-corrected chi connectivity index (χ1v) is 8.39. The zero-order valence-electron chi connectivity index (χ0n) is 14.4. The van der Waals surface area contributed by atoms with Gasteiger partial charge in [0.15, 0.2) is 17.2 Å². The van der Waals surface area contributed by atoms with E-state index in [1.54, 1.807) is 25.2 Å². The third-order valence-electron chi connectivity index (χ3n) is 6.16. The van der Waals surface area contributed by atoms with Gasteiger partial charge in [0, 0.05) is 18.4 Å². The Hall–Kier alpha value is -1.85. The molecule has 128 valence electrons. The predicted molar refractivity (Wildman–Crippen MR) is 89.4 cm³/mol. The number of likely N-dealkylation sites (N-methyl/N-ethyl adjacent to an activating group) is 1. The highest BCUT2D eigenvalue weighted by atomic mass is 16.5. The number of hydrogen-bond acceptors (Lipinski definition) is 5. The number of likely N-dealkylation sites (tertiary alicyclic amines) is 1. The number of aryl methyl sites for hydroxylation is 1. The molecule has 0 amide bonds. The Morgan fingerprint density at radius 3 is 2.58 bits per heavy atom. The molecule has 5 nitrogen and oxygen atoms in total. The van der Waals surface area contributed by atoms with Crippen LogP contribution in [-0.2, 0) is 16.6 Å². The molecule has 0 radical (unpaired) electrons. The van der Waals surface area contributed by atoms with E-state index in [0.717, 1.165) is 30.6 Å². The van der Waals surface area contributed by atoms with Gasteiger partial charge < -0.3 is 14.6 Å². The fourth-order valence-corrected chi connectivity index (χ4v) is 4.71. The summed E-state index contributed by atoms with van der Waals surface area (Å²) in [5.41, 5.74) is 1.89. The molecule has 2 bridgehead atoms. The van der Waals surface area contributed by atoms with Crippen molar-refractivity contribution in [3.8, 4) is 11.5 Å². The molecular formula is C19H23NO4. The normalized spacial score (nSPS) is 31.8. The molecule has 3 aliphatic rings. The maximum atomic E-state index is 12.5. The van der Waals surface area contributed by atoms with Gasteiger partial charge in [0.2, 0.25) is 5.78 Å². The molecule has 0 aromatic heterocycles. The molecule has 2 atom stereocenters. The lowest BCUT2D eigenvalue weighted by Gasteiger charge is -2.55. The minimum atomic E-state index is -1.40. The largest absolute Gasteiger partial charge is 0.493 e. The van der Waals surface area contributed by atoms with Crippen LogP contribution < -0.4 is 9.47 Å². The van der Waals surface area contributed by atoms with E-state index in [1.165, 1.54) is 11.1 Å². The number of rotatable bonds is 2. The van der Waals surface area contributed by atoms with Gasteiger partial charge in [0.05, 0.1) is 14.2 Å². The summed E-state index contributed by atoms with van der Waals surface area (Å²) in [7, 11) is 5.10. The van der Waals surface area contributed by atoms with E-state index in [-0.39, 0.29) is 11.2 Å². The van der Waals surface area contributed by atoms with Gasteiger partial charge >= 0.3 is 0 Å². The first-order valence-electron chi connectivity index (χ1n) is 8.39. The van der Waals surface area contributed by atoms with Gasteiger partial charge in [0.1, 0.15) is 0 Å². The van der Waals surface area contributed by atoms with E-state index in [0.29, 0.717) is 18.7 Å². The average Bonchev–Trinajstić information content (AvgIpc) is 2.59. The van der Waals surface area contributed by atoms with Crippen LogP contribution in [0.2, 0.25) is 0 Å². The van der Waals surface area contributed by atoms with Gasteiger partial charge in [-0.1, -0.05) is 5.57 Å². The van der Waals surface area contributed by atoms with Crippen LogP contribution in [0.5, 0.6) is 11.5 Å². The second-order valence-electron chi connectivity index (χ2n) is 7.15. The third-order valence-corrected chi connectivity index (χ3v) is 6.16. The lowest BCUT2D eigenvalue weighted by Crippen LogP contribution is -2.64. The molecule has 1 aromatic carbocycles. The Bertz CT molecular complexity index is 756. The molecule has 1 fully saturated rings. The molecule has 24 heavy (non-hydrogen) atoms. The molecule has 1 spiro atoms. The van der Waals surface area contributed by atoms with Gasteiger partial charge in [0.25, 0.3) is 0 Å². The zero-order chi connectivity index (χ0) is 17.1. The molecule has 1 heterocycles. The van der Waals surface area contributed by atoms with E-state index < -0.39 is 5.72 Å². The summed E-state index contributed by atoms with van der Waals surface area (Å²) >= 11 is 0. The summed E-state index contributed by atoms with van der Waals surface area (Å²) in [6.45, 7) is 0.688. The highest BCUT2D eigenvalue weighted by molar-refractivity contribution is 5.99. The molecule has 1 N–H and O–H groups in total. The molecule has 1 aromatic rings. The average molecular weight is 329 g/mol. The number of nitrogens with zero attached hydrogens (tertiary/aromatic N) is 1. The first-order chi connectivity index (χ1) is 11.4. The fourth-order valence-electron chi connectivity index (χ4n) is 4.71. The molecule has 1 aliphatic heterocycles. The molecule has 0 saturated carbocycles. The van der Waals surface area contributed by atoms with Crippen molar-refractivity contribution in [1.29, 1.82) is 0 Å². The summed E-state index contributed by atoms with van der Waals surface area (Å²) in [6.07, 6.45) is 4.74. The second-order valence-corrected chi connectivity index (χ2v) is 7.15. The lowest BCUT2D eigenvalue weighted by molar-refractivity contribution is -0.168.